The van der Waals surface area contributed by atoms with Crippen LogP contribution in [-0.4, -0.2) is 38.4 Å². The molecule has 140 valence electrons. The molecule has 2 aromatic carbocycles. The summed E-state index contributed by atoms with van der Waals surface area (Å²) in [6.07, 6.45) is 3.49. The largest absolute Gasteiger partial charge is 0.339 e. The van der Waals surface area contributed by atoms with Crippen molar-refractivity contribution in [3.05, 3.63) is 72.6 Å². The summed E-state index contributed by atoms with van der Waals surface area (Å²) in [5.41, 5.74) is 1.95. The van der Waals surface area contributed by atoms with Crippen molar-refractivity contribution in [2.24, 2.45) is 0 Å². The number of rotatable bonds is 7. The first kappa shape index (κ1) is 19.1. The van der Waals surface area contributed by atoms with E-state index in [2.05, 4.69) is 10.1 Å². The van der Waals surface area contributed by atoms with Crippen LogP contribution in [0, 0.1) is 5.82 Å². The Bertz CT molecular complexity index is 883. The molecule has 0 fully saturated rings. The molecule has 0 aliphatic rings. The Morgan fingerprint density at radius 2 is 1.96 bits per heavy atom. The van der Waals surface area contributed by atoms with Crippen LogP contribution in [0.1, 0.15) is 24.9 Å². The first-order chi connectivity index (χ1) is 13.1. The van der Waals surface area contributed by atoms with Crippen LogP contribution in [0.2, 0.25) is 0 Å². The molecule has 1 unspecified atom stereocenters. The molecule has 1 aromatic heterocycles. The third-order valence-electron chi connectivity index (χ3n) is 4.44. The molecule has 0 spiro atoms. The van der Waals surface area contributed by atoms with Crippen molar-refractivity contribution in [2.75, 3.05) is 12.8 Å². The number of hydrogen-bond acceptors (Lipinski definition) is 4. The Kier molecular flexibility index (Phi) is 6.24. The molecule has 1 heterocycles. The van der Waals surface area contributed by atoms with Crippen LogP contribution < -0.4 is 0 Å². The van der Waals surface area contributed by atoms with Crippen molar-refractivity contribution in [1.82, 2.24) is 19.7 Å². The van der Waals surface area contributed by atoms with E-state index in [1.54, 1.807) is 41.2 Å². The van der Waals surface area contributed by atoms with Crippen molar-refractivity contribution in [2.45, 2.75) is 24.3 Å². The number of aromatic nitrogens is 3. The van der Waals surface area contributed by atoms with Crippen LogP contribution in [0.4, 0.5) is 4.39 Å². The lowest BCUT2D eigenvalue weighted by molar-refractivity contribution is -0.131. The zero-order valence-corrected chi connectivity index (χ0v) is 16.1. The fraction of sp³-hybridized carbons (Fsp3) is 0.250. The normalized spacial score (nSPS) is 12.0. The third kappa shape index (κ3) is 4.74. The number of amides is 1. The molecule has 0 saturated heterocycles. The van der Waals surface area contributed by atoms with Crippen LogP contribution >= 0.6 is 11.8 Å². The van der Waals surface area contributed by atoms with Gasteiger partial charge in [0.25, 0.3) is 0 Å². The van der Waals surface area contributed by atoms with Crippen molar-refractivity contribution in [3.63, 3.8) is 0 Å². The van der Waals surface area contributed by atoms with Gasteiger partial charge in [-0.05, 0) is 36.8 Å². The topological polar surface area (TPSA) is 51.0 Å². The molecule has 7 heteroatoms. The third-order valence-corrected chi connectivity index (χ3v) is 5.49. The molecule has 0 saturated carbocycles. The Morgan fingerprint density at radius 3 is 2.63 bits per heavy atom. The second-order valence-electron chi connectivity index (χ2n) is 6.14. The predicted octanol–water partition coefficient (Wildman–Crippen LogP) is 4.11. The van der Waals surface area contributed by atoms with E-state index in [0.717, 1.165) is 11.3 Å². The monoisotopic (exact) mass is 384 g/mol. The first-order valence-electron chi connectivity index (χ1n) is 8.64. The zero-order chi connectivity index (χ0) is 19.2. The minimum absolute atomic E-state index is 0.0340. The second kappa shape index (κ2) is 8.81. The van der Waals surface area contributed by atoms with E-state index in [0.29, 0.717) is 17.1 Å². The molecule has 0 N–H and O–H groups in total. The van der Waals surface area contributed by atoms with Gasteiger partial charge in [0.1, 0.15) is 18.5 Å². The van der Waals surface area contributed by atoms with Gasteiger partial charge in [-0.15, -0.1) is 11.8 Å². The molecule has 0 aliphatic carbocycles. The summed E-state index contributed by atoms with van der Waals surface area (Å²) in [5.74, 6) is 0.332. The van der Waals surface area contributed by atoms with Crippen molar-refractivity contribution < 1.29 is 9.18 Å². The minimum atomic E-state index is -0.246. The van der Waals surface area contributed by atoms with E-state index in [4.69, 9.17) is 0 Å². The Labute approximate surface area is 162 Å². The van der Waals surface area contributed by atoms with Gasteiger partial charge < -0.3 is 4.90 Å². The molecular formula is C20H21FN4OS. The maximum absolute atomic E-state index is 13.6. The lowest BCUT2D eigenvalue weighted by Crippen LogP contribution is -2.29. The standard InChI is InChI=1S/C20H21FN4OS/c1-15(16-7-9-17(10-8-16)25-14-22-13-23-25)24(2)20(26)11-12-27-19-6-4-3-5-18(19)21/h3-10,13-15H,11-12H2,1-2H3. The Hall–Kier alpha value is -2.67. The van der Waals surface area contributed by atoms with E-state index >= 15 is 0 Å². The lowest BCUT2D eigenvalue weighted by atomic mass is 10.1. The number of benzene rings is 2. The molecule has 1 atom stereocenters. The van der Waals surface area contributed by atoms with Gasteiger partial charge in [-0.25, -0.2) is 14.1 Å². The molecule has 1 amide bonds. The highest BCUT2D eigenvalue weighted by Crippen LogP contribution is 2.24. The molecular weight excluding hydrogens is 363 g/mol. The molecule has 5 nitrogen and oxygen atoms in total. The second-order valence-corrected chi connectivity index (χ2v) is 7.28. The maximum atomic E-state index is 13.6. The Morgan fingerprint density at radius 1 is 1.22 bits per heavy atom. The number of hydrogen-bond donors (Lipinski definition) is 0. The van der Waals surface area contributed by atoms with Crippen molar-refractivity contribution in [3.8, 4) is 5.69 Å². The van der Waals surface area contributed by atoms with Crippen LogP contribution in [-0.2, 0) is 4.79 Å². The van der Waals surface area contributed by atoms with Crippen LogP contribution in [0.5, 0.6) is 0 Å². The molecule has 0 bridgehead atoms. The van der Waals surface area contributed by atoms with E-state index in [9.17, 15) is 9.18 Å². The van der Waals surface area contributed by atoms with Gasteiger partial charge in [-0.3, -0.25) is 4.79 Å². The summed E-state index contributed by atoms with van der Waals surface area (Å²) >= 11 is 1.36. The van der Waals surface area contributed by atoms with Gasteiger partial charge in [-0.2, -0.15) is 5.10 Å². The number of thioether (sulfide) groups is 1. The number of carbonyl (C=O) groups is 1. The van der Waals surface area contributed by atoms with Crippen molar-refractivity contribution >= 4 is 17.7 Å². The van der Waals surface area contributed by atoms with E-state index < -0.39 is 0 Å². The highest BCUT2D eigenvalue weighted by molar-refractivity contribution is 7.99. The lowest BCUT2D eigenvalue weighted by Gasteiger charge is -2.25. The average molecular weight is 384 g/mol. The SMILES string of the molecule is CC(c1ccc(-n2cncn2)cc1)N(C)C(=O)CCSc1ccccc1F. The van der Waals surface area contributed by atoms with Crippen LogP contribution in [0.15, 0.2) is 66.1 Å². The summed E-state index contributed by atoms with van der Waals surface area (Å²) in [6, 6.07) is 14.4. The van der Waals surface area contributed by atoms with Gasteiger partial charge in [0, 0.05) is 24.1 Å². The molecule has 27 heavy (non-hydrogen) atoms. The fourth-order valence-electron chi connectivity index (χ4n) is 2.67. The van der Waals surface area contributed by atoms with Gasteiger partial charge >= 0.3 is 0 Å². The van der Waals surface area contributed by atoms with E-state index in [1.807, 2.05) is 31.2 Å². The minimum Gasteiger partial charge on any atom is -0.339 e. The molecule has 3 rings (SSSR count). The molecule has 0 aliphatic heterocycles. The Balaban J connectivity index is 1.55. The van der Waals surface area contributed by atoms with Crippen LogP contribution in [0.3, 0.4) is 0 Å². The average Bonchev–Trinajstić information content (AvgIpc) is 3.23. The van der Waals surface area contributed by atoms with E-state index in [-0.39, 0.29) is 17.8 Å². The smallest absolute Gasteiger partial charge is 0.223 e. The number of carbonyl (C=O) groups excluding carboxylic acids is 1. The summed E-state index contributed by atoms with van der Waals surface area (Å²) in [6.45, 7) is 1.99. The molecule has 3 aromatic rings. The fourth-order valence-corrected chi connectivity index (χ4v) is 3.55. The number of halogens is 1. The van der Waals surface area contributed by atoms with Gasteiger partial charge in [0.05, 0.1) is 11.7 Å². The van der Waals surface area contributed by atoms with Crippen molar-refractivity contribution in [1.29, 1.82) is 0 Å². The maximum Gasteiger partial charge on any atom is 0.223 e. The zero-order valence-electron chi connectivity index (χ0n) is 15.2. The van der Waals surface area contributed by atoms with Gasteiger partial charge in [-0.1, -0.05) is 24.3 Å². The quantitative estimate of drug-likeness (QED) is 0.575. The van der Waals surface area contributed by atoms with Gasteiger partial charge in [0.2, 0.25) is 5.91 Å². The first-order valence-corrected chi connectivity index (χ1v) is 9.63. The molecule has 0 radical (unpaired) electrons. The summed E-state index contributed by atoms with van der Waals surface area (Å²) in [5, 5.41) is 4.10. The van der Waals surface area contributed by atoms with E-state index in [1.165, 1.54) is 24.2 Å². The summed E-state index contributed by atoms with van der Waals surface area (Å²) < 4.78 is 15.3. The number of nitrogens with zero attached hydrogens (tertiary/aromatic N) is 4. The predicted molar refractivity (Wildman–Crippen MR) is 104 cm³/mol. The highest BCUT2D eigenvalue weighted by Gasteiger charge is 2.17. The summed E-state index contributed by atoms with van der Waals surface area (Å²) in [7, 11) is 1.80. The van der Waals surface area contributed by atoms with Gasteiger partial charge in [0.15, 0.2) is 0 Å². The summed E-state index contributed by atoms with van der Waals surface area (Å²) in [4.78, 5) is 18.7. The van der Waals surface area contributed by atoms with Crippen LogP contribution in [0.25, 0.3) is 5.69 Å². The highest BCUT2D eigenvalue weighted by atomic mass is 32.2.